The number of hydrogen-bond donors (Lipinski definition) is 1. The van der Waals surface area contributed by atoms with Gasteiger partial charge in [-0.3, -0.25) is 4.79 Å². The zero-order valence-electron chi connectivity index (χ0n) is 19.9. The van der Waals surface area contributed by atoms with Gasteiger partial charge in [-0.15, -0.1) is 0 Å². The van der Waals surface area contributed by atoms with Crippen molar-refractivity contribution in [1.82, 2.24) is 14.5 Å². The van der Waals surface area contributed by atoms with Crippen LogP contribution in [0.1, 0.15) is 43.2 Å². The highest BCUT2D eigenvalue weighted by molar-refractivity contribution is 7.89. The molecule has 7 heteroatoms. The van der Waals surface area contributed by atoms with Gasteiger partial charge in [0.2, 0.25) is 15.9 Å². The van der Waals surface area contributed by atoms with Crippen LogP contribution in [-0.4, -0.2) is 63.3 Å². The molecule has 0 aliphatic carbocycles. The molecule has 33 heavy (non-hydrogen) atoms. The number of benzene rings is 2. The summed E-state index contributed by atoms with van der Waals surface area (Å²) in [4.78, 5) is 15.1. The molecule has 6 nitrogen and oxygen atoms in total. The van der Waals surface area contributed by atoms with E-state index in [-0.39, 0.29) is 11.9 Å². The molecule has 1 unspecified atom stereocenters. The van der Waals surface area contributed by atoms with Gasteiger partial charge in [-0.1, -0.05) is 55.3 Å². The number of nitrogens with one attached hydrogen (secondary N) is 1. The Hall–Kier alpha value is -2.22. The third-order valence-corrected chi connectivity index (χ3v) is 7.96. The fourth-order valence-electron chi connectivity index (χ4n) is 4.32. The number of nitrogens with zero attached hydrogens (tertiary/aromatic N) is 2. The first-order chi connectivity index (χ1) is 15.8. The van der Waals surface area contributed by atoms with Crippen LogP contribution in [0.15, 0.2) is 59.5 Å². The Balaban J connectivity index is 1.54. The molecule has 1 saturated heterocycles. The second-order valence-electron chi connectivity index (χ2n) is 9.18. The van der Waals surface area contributed by atoms with Gasteiger partial charge >= 0.3 is 0 Å². The summed E-state index contributed by atoms with van der Waals surface area (Å²) in [6, 6.07) is 17.2. The van der Waals surface area contributed by atoms with Crippen molar-refractivity contribution in [3.63, 3.8) is 0 Å². The maximum Gasteiger partial charge on any atom is 0.243 e. The lowest BCUT2D eigenvalue weighted by Gasteiger charge is -2.22. The zero-order chi connectivity index (χ0) is 23.7. The molecule has 1 aliphatic heterocycles. The first kappa shape index (κ1) is 25.4. The summed E-state index contributed by atoms with van der Waals surface area (Å²) < 4.78 is 27.5. The normalized spacial score (nSPS) is 16.3. The highest BCUT2D eigenvalue weighted by Crippen LogP contribution is 2.21. The lowest BCUT2D eigenvalue weighted by Crippen LogP contribution is -2.43. The Morgan fingerprint density at radius 3 is 2.18 bits per heavy atom. The number of hydrogen-bond acceptors (Lipinski definition) is 4. The quantitative estimate of drug-likeness (QED) is 0.576. The van der Waals surface area contributed by atoms with Crippen LogP contribution in [0.4, 0.5) is 0 Å². The molecule has 1 heterocycles. The van der Waals surface area contributed by atoms with Crippen LogP contribution in [0.5, 0.6) is 0 Å². The van der Waals surface area contributed by atoms with Crippen molar-refractivity contribution in [2.24, 2.45) is 0 Å². The summed E-state index contributed by atoms with van der Waals surface area (Å²) in [6.45, 7) is 1.96. The molecule has 0 spiro atoms. The van der Waals surface area contributed by atoms with E-state index in [9.17, 15) is 13.2 Å². The maximum atomic E-state index is 12.9. The molecule has 3 rings (SSSR count). The Morgan fingerprint density at radius 2 is 1.58 bits per heavy atom. The molecule has 180 valence electrons. The molecule has 1 fully saturated rings. The Morgan fingerprint density at radius 1 is 0.939 bits per heavy atom. The minimum Gasteiger partial charge on any atom is -0.352 e. The van der Waals surface area contributed by atoms with Gasteiger partial charge in [0, 0.05) is 32.1 Å². The van der Waals surface area contributed by atoms with Gasteiger partial charge in [0.25, 0.3) is 0 Å². The van der Waals surface area contributed by atoms with Crippen molar-refractivity contribution < 1.29 is 13.2 Å². The van der Waals surface area contributed by atoms with E-state index in [0.29, 0.717) is 30.8 Å². The van der Waals surface area contributed by atoms with Gasteiger partial charge in [0.05, 0.1) is 4.90 Å². The standard InChI is InChI=1S/C26H37N3O3S/c1-28(2)21-24(20-23-10-6-5-7-11-23)27-26(30)17-14-22-12-15-25(16-13-22)33(31,32)29-18-8-3-4-9-19-29/h5-7,10-13,15-16,24H,3-4,8-9,14,17-21H2,1-2H3,(H,27,30). The topological polar surface area (TPSA) is 69.7 Å². The van der Waals surface area contributed by atoms with Gasteiger partial charge in [-0.2, -0.15) is 4.31 Å². The zero-order valence-corrected chi connectivity index (χ0v) is 20.7. The number of carbonyl (C=O) groups excluding carboxylic acids is 1. The monoisotopic (exact) mass is 471 g/mol. The Bertz CT molecular complexity index is 968. The van der Waals surface area contributed by atoms with Gasteiger partial charge < -0.3 is 10.2 Å². The second-order valence-corrected chi connectivity index (χ2v) is 11.1. The fourth-order valence-corrected chi connectivity index (χ4v) is 5.83. The third-order valence-electron chi connectivity index (χ3n) is 6.04. The van der Waals surface area contributed by atoms with E-state index < -0.39 is 10.0 Å². The first-order valence-electron chi connectivity index (χ1n) is 11.9. The molecule has 1 aliphatic rings. The second kappa shape index (κ2) is 12.3. The lowest BCUT2D eigenvalue weighted by atomic mass is 10.0. The summed E-state index contributed by atoms with van der Waals surface area (Å²) in [7, 11) is 0.569. The van der Waals surface area contributed by atoms with Crippen LogP contribution >= 0.6 is 0 Å². The van der Waals surface area contributed by atoms with E-state index in [1.165, 1.54) is 5.56 Å². The van der Waals surface area contributed by atoms with Crippen LogP contribution in [0.25, 0.3) is 0 Å². The molecular weight excluding hydrogens is 434 g/mol. The van der Waals surface area contributed by atoms with Crippen molar-refractivity contribution in [2.75, 3.05) is 33.7 Å². The third kappa shape index (κ3) is 7.95. The number of carbonyl (C=O) groups is 1. The van der Waals surface area contributed by atoms with Gasteiger partial charge in [-0.05, 0) is 63.0 Å². The van der Waals surface area contributed by atoms with E-state index in [2.05, 4.69) is 22.3 Å². The summed E-state index contributed by atoms with van der Waals surface area (Å²) in [6.07, 6.45) is 5.76. The summed E-state index contributed by atoms with van der Waals surface area (Å²) in [5.41, 5.74) is 2.16. The minimum absolute atomic E-state index is 0.0130. The van der Waals surface area contributed by atoms with Gasteiger partial charge in [0.1, 0.15) is 0 Å². The predicted molar refractivity (Wildman–Crippen MR) is 133 cm³/mol. The molecule has 1 N–H and O–H groups in total. The summed E-state index contributed by atoms with van der Waals surface area (Å²) in [5, 5.41) is 3.17. The molecule has 0 radical (unpaired) electrons. The Kier molecular flexibility index (Phi) is 9.47. The van der Waals surface area contributed by atoms with Crippen LogP contribution < -0.4 is 5.32 Å². The van der Waals surface area contributed by atoms with Crippen molar-refractivity contribution in [2.45, 2.75) is 55.9 Å². The lowest BCUT2D eigenvalue weighted by molar-refractivity contribution is -0.121. The van der Waals surface area contributed by atoms with E-state index in [4.69, 9.17) is 0 Å². The highest BCUT2D eigenvalue weighted by atomic mass is 32.2. The van der Waals surface area contributed by atoms with Crippen molar-refractivity contribution in [3.05, 3.63) is 65.7 Å². The van der Waals surface area contributed by atoms with Crippen LogP contribution in [-0.2, 0) is 27.7 Å². The van der Waals surface area contributed by atoms with Crippen molar-refractivity contribution in [1.29, 1.82) is 0 Å². The summed E-state index contributed by atoms with van der Waals surface area (Å²) >= 11 is 0. The highest BCUT2D eigenvalue weighted by Gasteiger charge is 2.25. The van der Waals surface area contributed by atoms with E-state index in [0.717, 1.165) is 44.2 Å². The number of likely N-dealkylation sites (N-methyl/N-ethyl adjacent to an activating group) is 1. The molecule has 0 aromatic heterocycles. The molecule has 2 aromatic carbocycles. The van der Waals surface area contributed by atoms with Crippen LogP contribution in [0.2, 0.25) is 0 Å². The predicted octanol–water partition coefficient (Wildman–Crippen LogP) is 3.47. The largest absolute Gasteiger partial charge is 0.352 e. The first-order valence-corrected chi connectivity index (χ1v) is 13.4. The van der Waals surface area contributed by atoms with Crippen molar-refractivity contribution in [3.8, 4) is 0 Å². The molecule has 0 bridgehead atoms. The molecule has 1 atom stereocenters. The van der Waals surface area contributed by atoms with E-state index in [1.54, 1.807) is 16.4 Å². The number of aryl methyl sites for hydroxylation is 1. The average Bonchev–Trinajstić information content (AvgIpc) is 3.08. The van der Waals surface area contributed by atoms with Crippen LogP contribution in [0.3, 0.4) is 0 Å². The molecule has 2 aromatic rings. The molecular formula is C26H37N3O3S. The molecule has 0 saturated carbocycles. The van der Waals surface area contributed by atoms with Gasteiger partial charge in [0.15, 0.2) is 0 Å². The SMILES string of the molecule is CN(C)CC(Cc1ccccc1)NC(=O)CCc1ccc(S(=O)(=O)N2CCCCCC2)cc1. The van der Waals surface area contributed by atoms with E-state index >= 15 is 0 Å². The number of amides is 1. The van der Waals surface area contributed by atoms with Gasteiger partial charge in [-0.25, -0.2) is 8.42 Å². The van der Waals surface area contributed by atoms with E-state index in [1.807, 2.05) is 44.4 Å². The minimum atomic E-state index is -3.44. The number of rotatable bonds is 10. The van der Waals surface area contributed by atoms with Crippen LogP contribution in [0, 0.1) is 0 Å². The summed E-state index contributed by atoms with van der Waals surface area (Å²) in [5.74, 6) is 0.0130. The fraction of sp³-hybridized carbons (Fsp3) is 0.500. The molecule has 1 amide bonds. The smallest absolute Gasteiger partial charge is 0.243 e. The maximum absolute atomic E-state index is 12.9. The van der Waals surface area contributed by atoms with Crippen molar-refractivity contribution >= 4 is 15.9 Å². The average molecular weight is 472 g/mol. The number of sulfonamides is 1. The Labute approximate surface area is 199 Å².